The normalized spacial score (nSPS) is 13.4. The van der Waals surface area contributed by atoms with Gasteiger partial charge in [-0.3, -0.25) is 4.79 Å². The lowest BCUT2D eigenvalue weighted by molar-refractivity contribution is -0.137. The van der Waals surface area contributed by atoms with Crippen LogP contribution in [0.4, 0.5) is 0 Å². The van der Waals surface area contributed by atoms with Gasteiger partial charge in [-0.05, 0) is 36.6 Å². The average Bonchev–Trinajstić information content (AvgIpc) is 2.30. The van der Waals surface area contributed by atoms with Gasteiger partial charge in [0.2, 0.25) is 10.0 Å². The van der Waals surface area contributed by atoms with E-state index in [2.05, 4.69) is 20.7 Å². The lowest BCUT2D eigenvalue weighted by Gasteiger charge is -2.20. The minimum Gasteiger partial charge on any atom is -0.481 e. The van der Waals surface area contributed by atoms with Crippen LogP contribution in [0.25, 0.3) is 0 Å². The van der Waals surface area contributed by atoms with Crippen molar-refractivity contribution in [2.24, 2.45) is 5.92 Å². The molecular formula is C13H18BrNO4S. The first-order valence-corrected chi connectivity index (χ1v) is 8.41. The summed E-state index contributed by atoms with van der Waals surface area (Å²) in [4.78, 5) is 10.9. The number of benzene rings is 1. The van der Waals surface area contributed by atoms with Gasteiger partial charge in [0.05, 0.1) is 11.3 Å². The Labute approximate surface area is 127 Å². The molecule has 0 radical (unpaired) electrons. The van der Waals surface area contributed by atoms with E-state index in [0.29, 0.717) is 0 Å². The van der Waals surface area contributed by atoms with Crippen molar-refractivity contribution in [3.63, 3.8) is 0 Å². The molecule has 0 heterocycles. The van der Waals surface area contributed by atoms with Crippen LogP contribution in [0.1, 0.15) is 25.8 Å². The van der Waals surface area contributed by atoms with Crippen LogP contribution in [0.3, 0.4) is 0 Å². The third kappa shape index (κ3) is 4.57. The van der Waals surface area contributed by atoms with E-state index >= 15 is 0 Å². The van der Waals surface area contributed by atoms with Gasteiger partial charge in [-0.15, -0.1) is 0 Å². The number of nitrogens with one attached hydrogen (secondary N) is 1. The Morgan fingerprint density at radius 3 is 2.45 bits per heavy atom. The zero-order chi connectivity index (χ0) is 15.5. The second kappa shape index (κ2) is 6.69. The summed E-state index contributed by atoms with van der Waals surface area (Å²) in [6, 6.07) is 4.05. The van der Waals surface area contributed by atoms with E-state index in [1.54, 1.807) is 32.9 Å². The fraction of sp³-hybridized carbons (Fsp3) is 0.462. The molecule has 112 valence electrons. The molecule has 0 fully saturated rings. The van der Waals surface area contributed by atoms with E-state index in [4.69, 9.17) is 5.11 Å². The molecule has 0 saturated heterocycles. The summed E-state index contributed by atoms with van der Waals surface area (Å²) in [5.74, 6) is -1.14. The van der Waals surface area contributed by atoms with Gasteiger partial charge in [-0.25, -0.2) is 13.1 Å². The van der Waals surface area contributed by atoms with Gasteiger partial charge >= 0.3 is 5.97 Å². The molecule has 0 saturated carbocycles. The maximum absolute atomic E-state index is 12.3. The molecule has 1 unspecified atom stereocenters. The molecule has 1 aromatic rings. The van der Waals surface area contributed by atoms with Crippen LogP contribution in [0.15, 0.2) is 27.6 Å². The number of hydrogen-bond donors (Lipinski definition) is 2. The number of sulfonamides is 1. The van der Waals surface area contributed by atoms with Crippen LogP contribution in [0.2, 0.25) is 0 Å². The predicted molar refractivity (Wildman–Crippen MR) is 80.1 cm³/mol. The monoisotopic (exact) mass is 363 g/mol. The molecule has 7 heteroatoms. The quantitative estimate of drug-likeness (QED) is 0.813. The molecular weight excluding hydrogens is 346 g/mol. The molecule has 1 aromatic carbocycles. The summed E-state index contributed by atoms with van der Waals surface area (Å²) < 4.78 is 27.8. The highest BCUT2D eigenvalue weighted by atomic mass is 79.9. The summed E-state index contributed by atoms with van der Waals surface area (Å²) >= 11 is 3.31. The first-order chi connectivity index (χ1) is 9.13. The van der Waals surface area contributed by atoms with Crippen molar-refractivity contribution in [2.75, 3.05) is 0 Å². The van der Waals surface area contributed by atoms with Crippen molar-refractivity contribution < 1.29 is 18.3 Å². The SMILES string of the molecule is Cc1cc(S(=O)(=O)NC(CC(=O)O)C(C)C)ccc1Br. The van der Waals surface area contributed by atoms with Gasteiger partial charge in [0.1, 0.15) is 0 Å². The smallest absolute Gasteiger partial charge is 0.304 e. The van der Waals surface area contributed by atoms with Crippen LogP contribution < -0.4 is 4.72 Å². The molecule has 0 aromatic heterocycles. The molecule has 0 aliphatic carbocycles. The minimum atomic E-state index is -3.72. The van der Waals surface area contributed by atoms with Crippen molar-refractivity contribution >= 4 is 31.9 Å². The average molecular weight is 364 g/mol. The minimum absolute atomic E-state index is 0.113. The number of aryl methyl sites for hydroxylation is 1. The summed E-state index contributed by atoms with van der Waals surface area (Å²) in [6.07, 6.45) is -0.244. The van der Waals surface area contributed by atoms with Crippen LogP contribution in [0, 0.1) is 12.8 Å². The predicted octanol–water partition coefficient (Wildman–Crippen LogP) is 2.54. The van der Waals surface area contributed by atoms with Gasteiger partial charge < -0.3 is 5.11 Å². The second-order valence-corrected chi connectivity index (χ2v) is 7.55. The highest BCUT2D eigenvalue weighted by Gasteiger charge is 2.24. The van der Waals surface area contributed by atoms with Gasteiger partial charge in [-0.1, -0.05) is 29.8 Å². The largest absolute Gasteiger partial charge is 0.481 e. The Kier molecular flexibility index (Phi) is 5.73. The molecule has 0 bridgehead atoms. The van der Waals surface area contributed by atoms with E-state index in [0.717, 1.165) is 10.0 Å². The third-order valence-electron chi connectivity index (χ3n) is 2.95. The van der Waals surface area contributed by atoms with E-state index in [9.17, 15) is 13.2 Å². The van der Waals surface area contributed by atoms with Crippen molar-refractivity contribution in [2.45, 2.75) is 38.1 Å². The van der Waals surface area contributed by atoms with Gasteiger partial charge in [0.25, 0.3) is 0 Å². The molecule has 5 nitrogen and oxygen atoms in total. The van der Waals surface area contributed by atoms with Crippen molar-refractivity contribution in [3.8, 4) is 0 Å². The maximum atomic E-state index is 12.3. The van der Waals surface area contributed by atoms with E-state index in [1.165, 1.54) is 6.07 Å². The van der Waals surface area contributed by atoms with Gasteiger partial charge in [-0.2, -0.15) is 0 Å². The first-order valence-electron chi connectivity index (χ1n) is 6.13. The number of carbonyl (C=O) groups is 1. The Hall–Kier alpha value is -0.920. The molecule has 20 heavy (non-hydrogen) atoms. The van der Waals surface area contributed by atoms with Crippen LogP contribution in [-0.2, 0) is 14.8 Å². The molecule has 0 amide bonds. The molecule has 1 rings (SSSR count). The van der Waals surface area contributed by atoms with Crippen molar-refractivity contribution in [1.29, 1.82) is 0 Å². The molecule has 2 N–H and O–H groups in total. The van der Waals surface area contributed by atoms with Crippen LogP contribution in [0.5, 0.6) is 0 Å². The Bertz CT molecular complexity index is 598. The van der Waals surface area contributed by atoms with Crippen molar-refractivity contribution in [1.82, 2.24) is 4.72 Å². The number of halogens is 1. The van der Waals surface area contributed by atoms with E-state index < -0.39 is 22.0 Å². The van der Waals surface area contributed by atoms with E-state index in [-0.39, 0.29) is 17.2 Å². The number of hydrogen-bond acceptors (Lipinski definition) is 3. The molecule has 0 spiro atoms. The fourth-order valence-electron chi connectivity index (χ4n) is 1.65. The molecule has 0 aliphatic heterocycles. The Morgan fingerprint density at radius 1 is 1.40 bits per heavy atom. The standard InChI is InChI=1S/C13H18BrNO4S/c1-8(2)12(7-13(16)17)15-20(18,19)10-4-5-11(14)9(3)6-10/h4-6,8,12,15H,7H2,1-3H3,(H,16,17). The lowest BCUT2D eigenvalue weighted by Crippen LogP contribution is -2.40. The molecule has 1 atom stereocenters. The highest BCUT2D eigenvalue weighted by molar-refractivity contribution is 9.10. The summed E-state index contributed by atoms with van der Waals surface area (Å²) in [7, 11) is -3.72. The summed E-state index contributed by atoms with van der Waals surface area (Å²) in [5.41, 5.74) is 0.798. The van der Waals surface area contributed by atoms with Crippen LogP contribution in [-0.4, -0.2) is 25.5 Å². The Balaban J connectivity index is 3.03. The second-order valence-electron chi connectivity index (χ2n) is 4.98. The maximum Gasteiger partial charge on any atom is 0.304 e. The van der Waals surface area contributed by atoms with Crippen molar-refractivity contribution in [3.05, 3.63) is 28.2 Å². The van der Waals surface area contributed by atoms with Gasteiger partial charge in [0, 0.05) is 10.5 Å². The van der Waals surface area contributed by atoms with E-state index in [1.807, 2.05) is 0 Å². The van der Waals surface area contributed by atoms with Gasteiger partial charge in [0.15, 0.2) is 0 Å². The lowest BCUT2D eigenvalue weighted by atomic mass is 10.0. The zero-order valence-electron chi connectivity index (χ0n) is 11.6. The first kappa shape index (κ1) is 17.1. The zero-order valence-corrected chi connectivity index (χ0v) is 14.0. The number of carboxylic acid groups (broad SMARTS) is 1. The topological polar surface area (TPSA) is 83.5 Å². The van der Waals surface area contributed by atoms with Crippen LogP contribution >= 0.6 is 15.9 Å². The number of carboxylic acids is 1. The summed E-state index contributed by atoms with van der Waals surface area (Å²) in [5, 5.41) is 8.84. The highest BCUT2D eigenvalue weighted by Crippen LogP contribution is 2.21. The number of aliphatic carboxylic acids is 1. The summed E-state index contributed by atoms with van der Waals surface area (Å²) in [6.45, 7) is 5.35. The molecule has 0 aliphatic rings. The fourth-order valence-corrected chi connectivity index (χ4v) is 3.37. The third-order valence-corrected chi connectivity index (χ3v) is 5.32. The number of rotatable bonds is 6. The Morgan fingerprint density at radius 2 is 2.00 bits per heavy atom.